The molecule has 1 aromatic carbocycles. The lowest BCUT2D eigenvalue weighted by Gasteiger charge is -2.16. The van der Waals surface area contributed by atoms with Gasteiger partial charge >= 0.3 is 0 Å². The molecular formula is C16H16ClN3O. The molecule has 21 heavy (non-hydrogen) atoms. The van der Waals surface area contributed by atoms with Crippen LogP contribution >= 0.6 is 11.6 Å². The number of carbonyl (C=O) groups is 1. The molecule has 0 saturated carbocycles. The van der Waals surface area contributed by atoms with Gasteiger partial charge in [-0.1, -0.05) is 23.8 Å². The van der Waals surface area contributed by atoms with Crippen LogP contribution < -0.4 is 5.32 Å². The number of nitriles is 1. The van der Waals surface area contributed by atoms with Gasteiger partial charge in [0, 0.05) is 30.0 Å². The molecule has 0 saturated heterocycles. The highest BCUT2D eigenvalue weighted by molar-refractivity contribution is 6.30. The number of carbonyl (C=O) groups excluding carboxylic acids is 1. The van der Waals surface area contributed by atoms with Crippen LogP contribution in [0.4, 0.5) is 5.69 Å². The molecule has 1 amide bonds. The molecule has 0 aliphatic heterocycles. The Bertz CT molecular complexity index is 575. The maximum atomic E-state index is 12.1. The second-order valence-electron chi connectivity index (χ2n) is 4.15. The van der Waals surface area contributed by atoms with Crippen LogP contribution in [0.2, 0.25) is 5.02 Å². The van der Waals surface area contributed by atoms with Gasteiger partial charge in [-0.25, -0.2) is 0 Å². The summed E-state index contributed by atoms with van der Waals surface area (Å²) in [6.07, 6.45) is 4.87. The number of halogens is 1. The molecule has 108 valence electrons. The van der Waals surface area contributed by atoms with Crippen molar-refractivity contribution in [3.63, 3.8) is 0 Å². The molecule has 0 bridgehead atoms. The summed E-state index contributed by atoms with van der Waals surface area (Å²) in [5.41, 5.74) is 0.582. The van der Waals surface area contributed by atoms with Gasteiger partial charge < -0.3 is 10.2 Å². The van der Waals surface area contributed by atoms with Gasteiger partial charge in [-0.15, -0.1) is 13.2 Å². The highest BCUT2D eigenvalue weighted by Gasteiger charge is 2.10. The fraction of sp³-hybridized carbons (Fsp3) is 0.125. The van der Waals surface area contributed by atoms with Crippen molar-refractivity contribution < 1.29 is 4.79 Å². The molecule has 0 atom stereocenters. The molecule has 0 aliphatic rings. The van der Waals surface area contributed by atoms with Crippen LogP contribution in [0.1, 0.15) is 0 Å². The number of hydrogen-bond acceptors (Lipinski definition) is 3. The topological polar surface area (TPSA) is 56.1 Å². The lowest BCUT2D eigenvalue weighted by atomic mass is 10.2. The standard InChI is InChI=1S/C16H16ClN3O/c1-3-9-20(10-4-2)12-13(11-18)16(21)19-15-7-5-14(17)6-8-15/h3-8,12H,1-2,9-10H2,(H,19,21)/b13-12-. The molecule has 5 heteroatoms. The Labute approximate surface area is 129 Å². The zero-order chi connectivity index (χ0) is 15.7. The normalized spacial score (nSPS) is 10.4. The fourth-order valence-corrected chi connectivity index (χ4v) is 1.69. The molecule has 1 N–H and O–H groups in total. The van der Waals surface area contributed by atoms with E-state index in [0.717, 1.165) is 0 Å². The van der Waals surface area contributed by atoms with E-state index in [1.54, 1.807) is 41.3 Å². The Morgan fingerprint density at radius 2 is 1.86 bits per heavy atom. The number of nitrogens with zero attached hydrogens (tertiary/aromatic N) is 2. The smallest absolute Gasteiger partial charge is 0.267 e. The molecule has 1 aromatic rings. The van der Waals surface area contributed by atoms with Gasteiger partial charge in [-0.05, 0) is 24.3 Å². The molecule has 0 fully saturated rings. The van der Waals surface area contributed by atoms with Crippen molar-refractivity contribution in [2.45, 2.75) is 0 Å². The molecule has 0 aliphatic carbocycles. The molecule has 0 unspecified atom stereocenters. The summed E-state index contributed by atoms with van der Waals surface area (Å²) < 4.78 is 0. The van der Waals surface area contributed by atoms with Gasteiger partial charge in [-0.2, -0.15) is 5.26 Å². The fourth-order valence-electron chi connectivity index (χ4n) is 1.56. The number of rotatable bonds is 7. The summed E-state index contributed by atoms with van der Waals surface area (Å²) in [4.78, 5) is 13.8. The van der Waals surface area contributed by atoms with E-state index in [9.17, 15) is 4.79 Å². The van der Waals surface area contributed by atoms with E-state index in [4.69, 9.17) is 16.9 Å². The minimum Gasteiger partial charge on any atom is -0.369 e. The average Bonchev–Trinajstić information content (AvgIpc) is 2.47. The molecular weight excluding hydrogens is 286 g/mol. The first-order chi connectivity index (χ1) is 10.1. The zero-order valence-corrected chi connectivity index (χ0v) is 12.3. The summed E-state index contributed by atoms with van der Waals surface area (Å²) in [7, 11) is 0. The predicted molar refractivity (Wildman–Crippen MR) is 85.7 cm³/mol. The van der Waals surface area contributed by atoms with Crippen LogP contribution in [-0.4, -0.2) is 23.9 Å². The van der Waals surface area contributed by atoms with Crippen molar-refractivity contribution in [1.82, 2.24) is 4.90 Å². The quantitative estimate of drug-likeness (QED) is 0.477. The first-order valence-corrected chi connectivity index (χ1v) is 6.63. The van der Waals surface area contributed by atoms with E-state index in [2.05, 4.69) is 18.5 Å². The summed E-state index contributed by atoms with van der Waals surface area (Å²) in [6, 6.07) is 8.55. The molecule has 0 spiro atoms. The molecule has 0 aromatic heterocycles. The maximum absolute atomic E-state index is 12.1. The van der Waals surface area contributed by atoms with Gasteiger partial charge in [0.2, 0.25) is 0 Å². The Balaban J connectivity index is 2.84. The number of anilines is 1. The minimum atomic E-state index is -0.474. The van der Waals surface area contributed by atoms with Crippen molar-refractivity contribution in [1.29, 1.82) is 5.26 Å². The molecule has 4 nitrogen and oxygen atoms in total. The summed E-state index contributed by atoms with van der Waals surface area (Å²) in [5, 5.41) is 12.3. The van der Waals surface area contributed by atoms with E-state index < -0.39 is 5.91 Å². The van der Waals surface area contributed by atoms with Crippen LogP contribution in [0.15, 0.2) is 61.3 Å². The van der Waals surface area contributed by atoms with Gasteiger partial charge in [0.15, 0.2) is 0 Å². The van der Waals surface area contributed by atoms with E-state index >= 15 is 0 Å². The molecule has 0 radical (unpaired) electrons. The Kier molecular flexibility index (Phi) is 6.79. The van der Waals surface area contributed by atoms with Gasteiger partial charge in [0.1, 0.15) is 11.6 Å². The highest BCUT2D eigenvalue weighted by atomic mass is 35.5. The van der Waals surface area contributed by atoms with Gasteiger partial charge in [-0.3, -0.25) is 4.79 Å². The Morgan fingerprint density at radius 3 is 2.33 bits per heavy atom. The lowest BCUT2D eigenvalue weighted by Crippen LogP contribution is -2.21. The number of amides is 1. The average molecular weight is 302 g/mol. The number of benzene rings is 1. The van der Waals surface area contributed by atoms with Crippen LogP contribution in [0.3, 0.4) is 0 Å². The van der Waals surface area contributed by atoms with Crippen molar-refractivity contribution in [2.24, 2.45) is 0 Å². The van der Waals surface area contributed by atoms with Crippen LogP contribution in [0.25, 0.3) is 0 Å². The summed E-state index contributed by atoms with van der Waals surface area (Å²) in [5.74, 6) is -0.474. The van der Waals surface area contributed by atoms with Gasteiger partial charge in [0.05, 0.1) is 0 Å². The van der Waals surface area contributed by atoms with Crippen molar-refractivity contribution in [3.05, 3.63) is 66.4 Å². The SMILES string of the molecule is C=CCN(/C=C(/C#N)C(=O)Nc1ccc(Cl)cc1)CC=C. The first-order valence-electron chi connectivity index (χ1n) is 6.25. The third-order valence-corrected chi connectivity index (χ3v) is 2.76. The van der Waals surface area contributed by atoms with E-state index in [0.29, 0.717) is 23.8 Å². The van der Waals surface area contributed by atoms with Crippen molar-refractivity contribution in [2.75, 3.05) is 18.4 Å². The number of nitrogens with one attached hydrogen (secondary N) is 1. The maximum Gasteiger partial charge on any atom is 0.267 e. The van der Waals surface area contributed by atoms with Crippen LogP contribution in [0.5, 0.6) is 0 Å². The summed E-state index contributed by atoms with van der Waals surface area (Å²) >= 11 is 5.77. The van der Waals surface area contributed by atoms with E-state index in [-0.39, 0.29) is 5.57 Å². The Morgan fingerprint density at radius 1 is 1.29 bits per heavy atom. The largest absolute Gasteiger partial charge is 0.369 e. The summed E-state index contributed by atoms with van der Waals surface area (Å²) in [6.45, 7) is 8.31. The number of hydrogen-bond donors (Lipinski definition) is 1. The van der Waals surface area contributed by atoms with E-state index in [1.807, 2.05) is 6.07 Å². The third kappa shape index (κ3) is 5.55. The van der Waals surface area contributed by atoms with Gasteiger partial charge in [0.25, 0.3) is 5.91 Å². The van der Waals surface area contributed by atoms with Crippen molar-refractivity contribution >= 4 is 23.2 Å². The first kappa shape index (κ1) is 16.5. The third-order valence-electron chi connectivity index (χ3n) is 2.51. The second-order valence-corrected chi connectivity index (χ2v) is 4.58. The zero-order valence-electron chi connectivity index (χ0n) is 11.6. The second kappa shape index (κ2) is 8.62. The minimum absolute atomic E-state index is 0.00801. The molecule has 0 heterocycles. The molecule has 1 rings (SSSR count). The predicted octanol–water partition coefficient (Wildman–Crippen LogP) is 3.36. The monoisotopic (exact) mass is 301 g/mol. The van der Waals surface area contributed by atoms with Crippen molar-refractivity contribution in [3.8, 4) is 6.07 Å². The highest BCUT2D eigenvalue weighted by Crippen LogP contribution is 2.14. The Hall–Kier alpha value is -2.51. The van der Waals surface area contributed by atoms with Crippen LogP contribution in [0, 0.1) is 11.3 Å². The lowest BCUT2D eigenvalue weighted by molar-refractivity contribution is -0.112. The van der Waals surface area contributed by atoms with Crippen LogP contribution in [-0.2, 0) is 4.79 Å². The van der Waals surface area contributed by atoms with E-state index in [1.165, 1.54) is 6.20 Å².